The molecule has 1 aromatic rings. The van der Waals surface area contributed by atoms with Gasteiger partial charge in [0, 0.05) is 0 Å². The molecule has 1 aromatic carbocycles. The maximum Gasteiger partial charge on any atom is 0.235 e. The maximum atomic E-state index is 10.2. The molecule has 19 heavy (non-hydrogen) atoms. The number of isocyanates is 3. The van der Waals surface area contributed by atoms with Crippen LogP contribution in [0.2, 0.25) is 0 Å². The first-order chi connectivity index (χ1) is 9.22. The van der Waals surface area contributed by atoms with Crippen molar-refractivity contribution in [3.8, 4) is 0 Å². The lowest BCUT2D eigenvalue weighted by atomic mass is 9.98. The Morgan fingerprint density at radius 2 is 1.26 bits per heavy atom. The Bertz CT molecular complexity index is 565. The number of nitrogens with zero attached hydrogens (tertiary/aromatic N) is 3. The van der Waals surface area contributed by atoms with E-state index in [1.54, 1.807) is 12.1 Å². The minimum atomic E-state index is 0.180. The van der Waals surface area contributed by atoms with E-state index in [2.05, 4.69) is 15.0 Å². The zero-order valence-electron chi connectivity index (χ0n) is 10.3. The molecule has 6 heteroatoms. The van der Waals surface area contributed by atoms with Gasteiger partial charge in [-0.25, -0.2) is 29.4 Å². The van der Waals surface area contributed by atoms with Crippen molar-refractivity contribution in [1.29, 1.82) is 0 Å². The summed E-state index contributed by atoms with van der Waals surface area (Å²) in [7, 11) is 0. The second kappa shape index (κ2) is 7.64. The highest BCUT2D eigenvalue weighted by Crippen LogP contribution is 2.19. The summed E-state index contributed by atoms with van der Waals surface area (Å²) in [6.45, 7) is 2.40. The summed E-state index contributed by atoms with van der Waals surface area (Å²) in [5.74, 6) is 0. The van der Waals surface area contributed by atoms with Crippen LogP contribution in [0.25, 0.3) is 0 Å². The van der Waals surface area contributed by atoms with Gasteiger partial charge < -0.3 is 0 Å². The van der Waals surface area contributed by atoms with Crippen LogP contribution < -0.4 is 0 Å². The van der Waals surface area contributed by atoms with Gasteiger partial charge in [0.2, 0.25) is 18.2 Å². The normalized spacial score (nSPS) is 8.89. The molecule has 96 valence electrons. The first kappa shape index (κ1) is 14.4. The van der Waals surface area contributed by atoms with Crippen molar-refractivity contribution >= 4 is 18.2 Å². The first-order valence-corrected chi connectivity index (χ1v) is 5.45. The third-order valence-electron chi connectivity index (χ3n) is 2.64. The van der Waals surface area contributed by atoms with E-state index in [-0.39, 0.29) is 19.6 Å². The summed E-state index contributed by atoms with van der Waals surface area (Å²) >= 11 is 0. The molecular weight excluding hydrogens is 246 g/mol. The van der Waals surface area contributed by atoms with Gasteiger partial charge in [0.05, 0.1) is 19.6 Å². The molecule has 0 aliphatic heterocycles. The van der Waals surface area contributed by atoms with E-state index in [9.17, 15) is 14.4 Å². The van der Waals surface area contributed by atoms with Crippen LogP contribution in [0.15, 0.2) is 27.1 Å². The molecule has 6 nitrogen and oxygen atoms in total. The third-order valence-corrected chi connectivity index (χ3v) is 2.64. The van der Waals surface area contributed by atoms with Gasteiger partial charge in [-0.3, -0.25) is 0 Å². The Morgan fingerprint density at radius 3 is 1.68 bits per heavy atom. The van der Waals surface area contributed by atoms with E-state index < -0.39 is 0 Å². The molecule has 0 atom stereocenters. The summed E-state index contributed by atoms with van der Waals surface area (Å²) in [4.78, 5) is 41.0. The molecule has 0 amide bonds. The highest BCUT2D eigenvalue weighted by Gasteiger charge is 2.07. The van der Waals surface area contributed by atoms with E-state index in [1.165, 1.54) is 18.2 Å². The van der Waals surface area contributed by atoms with E-state index in [1.807, 2.05) is 6.92 Å². The molecule has 0 aliphatic carbocycles. The number of carbonyl (C=O) groups excluding carboxylic acids is 3. The summed E-state index contributed by atoms with van der Waals surface area (Å²) in [5, 5.41) is 0. The van der Waals surface area contributed by atoms with Crippen LogP contribution in [0.1, 0.15) is 22.3 Å². The van der Waals surface area contributed by atoms with Crippen molar-refractivity contribution in [2.45, 2.75) is 26.6 Å². The standard InChI is InChI=1S/C13H11N3O3/c1-10-12(5-15-8-18)2-11(4-14-7-17)3-13(10)6-16-9-19/h2-3H,4-6H2,1H3. The Labute approximate surface area is 109 Å². The molecule has 0 aliphatic rings. The van der Waals surface area contributed by atoms with Crippen LogP contribution in [0.3, 0.4) is 0 Å². The van der Waals surface area contributed by atoms with E-state index in [0.29, 0.717) is 0 Å². The molecule has 0 aromatic heterocycles. The topological polar surface area (TPSA) is 88.3 Å². The summed E-state index contributed by atoms with van der Waals surface area (Å²) in [5.41, 5.74) is 3.26. The molecule has 0 radical (unpaired) electrons. The van der Waals surface area contributed by atoms with E-state index >= 15 is 0 Å². The molecule has 0 heterocycles. The van der Waals surface area contributed by atoms with Gasteiger partial charge in [-0.05, 0) is 29.2 Å². The SMILES string of the molecule is Cc1c(CN=C=O)cc(CN=C=O)cc1CN=C=O. The van der Waals surface area contributed by atoms with Crippen molar-refractivity contribution < 1.29 is 14.4 Å². The van der Waals surface area contributed by atoms with Gasteiger partial charge in [0.15, 0.2) is 0 Å². The minimum absolute atomic E-state index is 0.180. The van der Waals surface area contributed by atoms with Gasteiger partial charge in [0.25, 0.3) is 0 Å². The van der Waals surface area contributed by atoms with Gasteiger partial charge in [-0.15, -0.1) is 0 Å². The number of aliphatic imine (C=N–C) groups is 3. The second-order valence-corrected chi connectivity index (χ2v) is 3.76. The van der Waals surface area contributed by atoms with Gasteiger partial charge >= 0.3 is 0 Å². The third kappa shape index (κ3) is 4.26. The van der Waals surface area contributed by atoms with Crippen LogP contribution >= 0.6 is 0 Å². The largest absolute Gasteiger partial charge is 0.235 e. The van der Waals surface area contributed by atoms with Crippen molar-refractivity contribution in [2.24, 2.45) is 15.0 Å². The highest BCUT2D eigenvalue weighted by molar-refractivity contribution is 5.42. The number of rotatable bonds is 6. The molecule has 0 fully saturated rings. The molecule has 0 saturated heterocycles. The fraction of sp³-hybridized carbons (Fsp3) is 0.308. The fourth-order valence-corrected chi connectivity index (χ4v) is 1.69. The van der Waals surface area contributed by atoms with Crippen LogP contribution in [0, 0.1) is 6.92 Å². The average molecular weight is 257 g/mol. The molecule has 0 unspecified atom stereocenters. The second-order valence-electron chi connectivity index (χ2n) is 3.76. The number of hydrogen-bond donors (Lipinski definition) is 0. The molecule has 0 N–H and O–H groups in total. The first-order valence-electron chi connectivity index (χ1n) is 5.45. The zero-order valence-corrected chi connectivity index (χ0v) is 10.3. The van der Waals surface area contributed by atoms with Crippen LogP contribution in [0.5, 0.6) is 0 Å². The van der Waals surface area contributed by atoms with Crippen molar-refractivity contribution in [2.75, 3.05) is 0 Å². The molecule has 0 bridgehead atoms. The van der Waals surface area contributed by atoms with Crippen molar-refractivity contribution in [3.05, 3.63) is 34.4 Å². The lowest BCUT2D eigenvalue weighted by molar-refractivity contribution is 0.562. The predicted molar refractivity (Wildman–Crippen MR) is 66.7 cm³/mol. The number of hydrogen-bond acceptors (Lipinski definition) is 6. The van der Waals surface area contributed by atoms with E-state index in [0.717, 1.165) is 22.3 Å². The predicted octanol–water partition coefficient (Wildman–Crippen LogP) is 1.50. The van der Waals surface area contributed by atoms with Crippen LogP contribution in [-0.2, 0) is 34.0 Å². The summed E-state index contributed by atoms with van der Waals surface area (Å²) < 4.78 is 0. The Kier molecular flexibility index (Phi) is 5.80. The Balaban J connectivity index is 3.22. The maximum absolute atomic E-state index is 10.2. The van der Waals surface area contributed by atoms with Crippen LogP contribution in [0.4, 0.5) is 0 Å². The lowest BCUT2D eigenvalue weighted by Gasteiger charge is -2.10. The summed E-state index contributed by atoms with van der Waals surface area (Å²) in [6.07, 6.45) is 4.40. The van der Waals surface area contributed by atoms with Crippen molar-refractivity contribution in [1.82, 2.24) is 0 Å². The molecule has 0 spiro atoms. The Hall–Kier alpha value is -2.64. The molecule has 0 saturated carbocycles. The summed E-state index contributed by atoms with van der Waals surface area (Å²) in [6, 6.07) is 3.59. The van der Waals surface area contributed by atoms with Gasteiger partial charge in [0.1, 0.15) is 0 Å². The van der Waals surface area contributed by atoms with E-state index in [4.69, 9.17) is 0 Å². The highest BCUT2D eigenvalue weighted by atomic mass is 16.1. The zero-order chi connectivity index (χ0) is 14.1. The minimum Gasteiger partial charge on any atom is -0.211 e. The number of benzene rings is 1. The Morgan fingerprint density at radius 1 is 0.842 bits per heavy atom. The quantitative estimate of drug-likeness (QED) is 0.571. The van der Waals surface area contributed by atoms with Gasteiger partial charge in [-0.2, -0.15) is 0 Å². The molecular formula is C13H11N3O3. The fourth-order valence-electron chi connectivity index (χ4n) is 1.69. The lowest BCUT2D eigenvalue weighted by Crippen LogP contribution is -1.98. The smallest absolute Gasteiger partial charge is 0.211 e. The van der Waals surface area contributed by atoms with Gasteiger partial charge in [-0.1, -0.05) is 12.1 Å². The van der Waals surface area contributed by atoms with Crippen LogP contribution in [-0.4, -0.2) is 18.2 Å². The van der Waals surface area contributed by atoms with Crippen molar-refractivity contribution in [3.63, 3.8) is 0 Å². The average Bonchev–Trinajstić information content (AvgIpc) is 2.43. The monoisotopic (exact) mass is 257 g/mol. The molecule has 1 rings (SSSR count).